The minimum absolute atomic E-state index is 0.0155. The van der Waals surface area contributed by atoms with Gasteiger partial charge >= 0.3 is 0 Å². The second kappa shape index (κ2) is 27.6. The summed E-state index contributed by atoms with van der Waals surface area (Å²) in [4.78, 5) is 84.1. The predicted molar refractivity (Wildman–Crippen MR) is 299 cm³/mol. The van der Waals surface area contributed by atoms with Gasteiger partial charge in [0.15, 0.2) is 0 Å². The molecule has 1 aliphatic carbocycles. The van der Waals surface area contributed by atoms with Crippen molar-refractivity contribution < 1.29 is 33.5 Å². The molecule has 78 heavy (non-hydrogen) atoms. The van der Waals surface area contributed by atoms with Crippen LogP contribution >= 0.6 is 11.5 Å². The fourth-order valence-electron chi connectivity index (χ4n) is 10.1. The Morgan fingerprint density at radius 1 is 0.667 bits per heavy atom. The highest BCUT2D eigenvalue weighted by Gasteiger charge is 2.45. The molecule has 6 N–H and O–H groups in total. The van der Waals surface area contributed by atoms with Crippen LogP contribution in [0.15, 0.2) is 134 Å². The second-order valence-corrected chi connectivity index (χ2v) is 20.6. The minimum atomic E-state index is -0.891. The van der Waals surface area contributed by atoms with E-state index in [2.05, 4.69) is 46.6 Å². The average molecular weight is 1080 g/mol. The Kier molecular flexibility index (Phi) is 20.0. The van der Waals surface area contributed by atoms with Crippen LogP contribution in [0.4, 0.5) is 10.8 Å². The molecule has 2 aliphatic heterocycles. The SMILES string of the molecule is CN[C@@H](C)C(=O)N[C@H](C(=O)N1CCC[C@H]1C(=O)Nc1snnc1-c1ccccc1)c1ccccc1.CN[C@@H](C)C(=O)N[C@H](C(=O)N1C[C@@H](OCc2ccccc2)C[C@H]1C(=O)Nc1ccnn1-c1ccccc1)C1CCCCC1. The highest BCUT2D eigenvalue weighted by Crippen LogP contribution is 2.33. The number of anilines is 2. The van der Waals surface area contributed by atoms with Crippen molar-refractivity contribution in [2.24, 2.45) is 5.92 Å². The van der Waals surface area contributed by atoms with Crippen molar-refractivity contribution >= 4 is 57.8 Å². The van der Waals surface area contributed by atoms with Crippen LogP contribution < -0.4 is 31.9 Å². The standard InChI is InChI=1S/C33H42N6O4.C25H28N6O3S/c1-23(34-2)31(40)37-30(25-14-8-4-9-15-25)33(42)38-21-27(43-22-24-12-6-3-7-13-24)20-28(38)32(41)36-29-18-19-35-39(29)26-16-10-5-11-17-26;1-16(26-2)22(32)27-21(18-12-7-4-8-13-18)25(34)31-15-9-14-19(31)23(33)28-24-20(29-30-35-24)17-10-5-3-6-11-17/h3,5-7,10-13,16-19,23,25,27-28,30,34H,4,8-9,14-15,20-22H2,1-2H3,(H,36,41)(H,37,40);3-8,10-13,16,19,21,26H,9,14-15H2,1-2H3,(H,27,32)(H,28,33)/t23-,27-,28-,30-;16-,19-,21-/m00/s1. The van der Waals surface area contributed by atoms with E-state index in [-0.39, 0.29) is 54.0 Å². The fourth-order valence-corrected chi connectivity index (χ4v) is 10.7. The lowest BCUT2D eigenvalue weighted by atomic mass is 9.83. The van der Waals surface area contributed by atoms with E-state index in [4.69, 9.17) is 4.74 Å². The van der Waals surface area contributed by atoms with Crippen LogP contribution in [-0.4, -0.2) is 128 Å². The summed E-state index contributed by atoms with van der Waals surface area (Å²) in [6, 6.07) is 35.8. The second-order valence-electron chi connectivity index (χ2n) is 19.9. The molecule has 6 aromatic rings. The summed E-state index contributed by atoms with van der Waals surface area (Å²) in [6.45, 7) is 4.58. The molecule has 0 bridgehead atoms. The van der Waals surface area contributed by atoms with E-state index in [1.807, 2.05) is 109 Å². The number of likely N-dealkylation sites (N-methyl/N-ethyl adjacent to an activating group) is 2. The zero-order chi connectivity index (χ0) is 55.0. The van der Waals surface area contributed by atoms with Gasteiger partial charge in [-0.05, 0) is 82.8 Å². The number of likely N-dealkylation sites (tertiary alicyclic amines) is 2. The van der Waals surface area contributed by atoms with E-state index in [1.54, 1.807) is 66.8 Å². The van der Waals surface area contributed by atoms with Crippen molar-refractivity contribution in [3.63, 3.8) is 0 Å². The van der Waals surface area contributed by atoms with E-state index in [0.29, 0.717) is 54.5 Å². The highest BCUT2D eigenvalue weighted by molar-refractivity contribution is 7.10. The maximum absolute atomic E-state index is 14.4. The van der Waals surface area contributed by atoms with Gasteiger partial charge in [-0.25, -0.2) is 4.68 Å². The number of amides is 6. The molecule has 9 rings (SSSR count). The topological polar surface area (TPSA) is 234 Å². The number of carbonyl (C=O) groups excluding carboxylic acids is 6. The number of ether oxygens (including phenoxy) is 1. The smallest absolute Gasteiger partial charge is 0.250 e. The molecule has 1 saturated carbocycles. The molecule has 0 radical (unpaired) electrons. The van der Waals surface area contributed by atoms with E-state index in [1.165, 1.54) is 0 Å². The first-order chi connectivity index (χ1) is 37.9. The number of para-hydroxylation sites is 1. The van der Waals surface area contributed by atoms with E-state index >= 15 is 0 Å². The number of benzene rings is 4. The Hall–Kier alpha value is -7.65. The third kappa shape index (κ3) is 14.3. The van der Waals surface area contributed by atoms with Gasteiger partial charge in [0.05, 0.1) is 36.7 Å². The fraction of sp³-hybridized carbons (Fsp3) is 0.397. The first-order valence-corrected chi connectivity index (χ1v) is 27.6. The molecular weight excluding hydrogens is 1010 g/mol. The number of aromatic nitrogens is 4. The predicted octanol–water partition coefficient (Wildman–Crippen LogP) is 6.27. The van der Waals surface area contributed by atoms with Gasteiger partial charge in [-0.1, -0.05) is 133 Å². The monoisotopic (exact) mass is 1080 g/mol. The lowest BCUT2D eigenvalue weighted by Crippen LogP contribution is -2.57. The van der Waals surface area contributed by atoms with Crippen molar-refractivity contribution in [3.05, 3.63) is 145 Å². The maximum atomic E-state index is 14.4. The first-order valence-electron chi connectivity index (χ1n) is 26.8. The Labute approximate surface area is 459 Å². The van der Waals surface area contributed by atoms with Gasteiger partial charge < -0.3 is 46.4 Å². The van der Waals surface area contributed by atoms with Gasteiger partial charge in [-0.15, -0.1) is 5.10 Å². The zero-order valence-electron chi connectivity index (χ0n) is 44.5. The van der Waals surface area contributed by atoms with Crippen LogP contribution in [0.25, 0.3) is 16.9 Å². The molecule has 4 heterocycles. The molecular formula is C58H70N12O7S. The van der Waals surface area contributed by atoms with Gasteiger partial charge in [0.2, 0.25) is 35.4 Å². The van der Waals surface area contributed by atoms with Crippen LogP contribution in [0.3, 0.4) is 0 Å². The summed E-state index contributed by atoms with van der Waals surface area (Å²) >= 11 is 1.10. The summed E-state index contributed by atoms with van der Waals surface area (Å²) in [7, 11) is 3.40. The molecule has 6 amide bonds. The molecule has 20 heteroatoms. The number of nitrogens with one attached hydrogen (secondary N) is 6. The zero-order valence-corrected chi connectivity index (χ0v) is 45.4. The van der Waals surface area contributed by atoms with Crippen LogP contribution in [0.1, 0.15) is 82.4 Å². The van der Waals surface area contributed by atoms with E-state index in [9.17, 15) is 28.8 Å². The average Bonchev–Trinajstić information content (AvgIpc) is 4.36. The largest absolute Gasteiger partial charge is 0.372 e. The third-order valence-electron chi connectivity index (χ3n) is 14.7. The summed E-state index contributed by atoms with van der Waals surface area (Å²) in [5.41, 5.74) is 3.94. The number of hydrogen-bond donors (Lipinski definition) is 6. The molecule has 2 saturated heterocycles. The highest BCUT2D eigenvalue weighted by atomic mass is 32.1. The van der Waals surface area contributed by atoms with E-state index in [0.717, 1.165) is 60.5 Å². The lowest BCUT2D eigenvalue weighted by Gasteiger charge is -2.35. The molecule has 4 aromatic carbocycles. The van der Waals surface area contributed by atoms with Crippen molar-refractivity contribution in [3.8, 4) is 16.9 Å². The van der Waals surface area contributed by atoms with Crippen LogP contribution in [0.2, 0.25) is 0 Å². The summed E-state index contributed by atoms with van der Waals surface area (Å²) < 4.78 is 11.9. The van der Waals surface area contributed by atoms with Crippen molar-refractivity contribution in [1.82, 2.24) is 50.4 Å². The van der Waals surface area contributed by atoms with Gasteiger partial charge in [-0.2, -0.15) is 5.10 Å². The number of hydrogen-bond acceptors (Lipinski definition) is 13. The number of nitrogens with zero attached hydrogens (tertiary/aromatic N) is 6. The van der Waals surface area contributed by atoms with Gasteiger partial charge in [-0.3, -0.25) is 28.8 Å². The molecule has 2 aromatic heterocycles. The third-order valence-corrected chi connectivity index (χ3v) is 15.3. The molecule has 19 nitrogen and oxygen atoms in total. The molecule has 0 unspecified atom stereocenters. The quantitative estimate of drug-likeness (QED) is 0.0527. The van der Waals surface area contributed by atoms with Crippen molar-refractivity contribution in [1.29, 1.82) is 0 Å². The van der Waals surface area contributed by atoms with Crippen LogP contribution in [-0.2, 0) is 40.1 Å². The normalized spacial score (nSPS) is 18.8. The Morgan fingerprint density at radius 3 is 1.95 bits per heavy atom. The summed E-state index contributed by atoms with van der Waals surface area (Å²) in [5.74, 6) is -1.13. The van der Waals surface area contributed by atoms with Crippen LogP contribution in [0, 0.1) is 5.92 Å². The molecule has 3 fully saturated rings. The van der Waals surface area contributed by atoms with Gasteiger partial charge in [0, 0.05) is 42.7 Å². The first kappa shape index (κ1) is 56.6. The maximum Gasteiger partial charge on any atom is 0.250 e. The van der Waals surface area contributed by atoms with Gasteiger partial charge in [0.1, 0.15) is 40.7 Å². The van der Waals surface area contributed by atoms with Crippen LogP contribution in [0.5, 0.6) is 0 Å². The summed E-state index contributed by atoms with van der Waals surface area (Å²) in [5, 5.41) is 26.8. The molecule has 410 valence electrons. The molecule has 3 aliphatic rings. The number of rotatable bonds is 19. The number of carbonyl (C=O) groups is 6. The Morgan fingerprint density at radius 2 is 1.28 bits per heavy atom. The minimum Gasteiger partial charge on any atom is -0.372 e. The molecule has 7 atom stereocenters. The summed E-state index contributed by atoms with van der Waals surface area (Å²) in [6.07, 6.45) is 7.75. The molecule has 0 spiro atoms. The van der Waals surface area contributed by atoms with E-state index < -0.39 is 36.3 Å². The van der Waals surface area contributed by atoms with Crippen molar-refractivity contribution in [2.75, 3.05) is 37.8 Å². The lowest BCUT2D eigenvalue weighted by molar-refractivity contribution is -0.142. The van der Waals surface area contributed by atoms with Gasteiger partial charge in [0.25, 0.3) is 0 Å². The Bertz CT molecular complexity index is 2920. The Balaban J connectivity index is 0.000000210. The van der Waals surface area contributed by atoms with Crippen molar-refractivity contribution in [2.45, 2.75) is 114 Å².